The van der Waals surface area contributed by atoms with Gasteiger partial charge < -0.3 is 40.7 Å². The standard InChI is InChI=1S/C22H33N3O8/c1-14(27)24-18-20(30)19(29)16(12-26)33-21(18)25-17(28)10-6-3-7-11-23-22(31)32-13-15-8-4-2-5-9-15/h2,4-5,8-9,16,18-21,26,29-30H,3,6-7,10-13H2,1H3,(H,23,31)(H,24,27)(H,25,28)/t16-,18-,19-,20-,21-/m1/s1. The molecule has 0 aromatic heterocycles. The molecule has 33 heavy (non-hydrogen) atoms. The van der Waals surface area contributed by atoms with Gasteiger partial charge in [-0.2, -0.15) is 0 Å². The van der Waals surface area contributed by atoms with Crippen LogP contribution in [0.3, 0.4) is 0 Å². The maximum Gasteiger partial charge on any atom is 0.407 e. The van der Waals surface area contributed by atoms with Gasteiger partial charge in [0.1, 0.15) is 31.0 Å². The van der Waals surface area contributed by atoms with E-state index in [1.54, 1.807) is 0 Å². The van der Waals surface area contributed by atoms with Crippen LogP contribution in [0.5, 0.6) is 0 Å². The monoisotopic (exact) mass is 467 g/mol. The number of rotatable bonds is 11. The van der Waals surface area contributed by atoms with Crippen molar-refractivity contribution in [2.75, 3.05) is 13.2 Å². The van der Waals surface area contributed by atoms with Crippen LogP contribution in [0, 0.1) is 0 Å². The number of ether oxygens (including phenoxy) is 2. The topological polar surface area (TPSA) is 166 Å². The average Bonchev–Trinajstić information content (AvgIpc) is 2.80. The minimum absolute atomic E-state index is 0.160. The number of carbonyl (C=O) groups is 3. The Bertz CT molecular complexity index is 763. The number of amides is 3. The zero-order valence-electron chi connectivity index (χ0n) is 18.6. The highest BCUT2D eigenvalue weighted by molar-refractivity contribution is 5.76. The highest BCUT2D eigenvalue weighted by atomic mass is 16.5. The van der Waals surface area contributed by atoms with Crippen LogP contribution < -0.4 is 16.0 Å². The second kappa shape index (κ2) is 13.7. The first-order valence-corrected chi connectivity index (χ1v) is 10.9. The van der Waals surface area contributed by atoms with E-state index in [9.17, 15) is 29.7 Å². The first-order valence-electron chi connectivity index (χ1n) is 10.9. The summed E-state index contributed by atoms with van der Waals surface area (Å²) < 4.78 is 10.6. The lowest BCUT2D eigenvalue weighted by molar-refractivity contribution is -0.203. The molecule has 1 saturated heterocycles. The van der Waals surface area contributed by atoms with Gasteiger partial charge in [0, 0.05) is 19.9 Å². The number of aliphatic hydroxyl groups is 3. The van der Waals surface area contributed by atoms with Crippen LogP contribution in [0.1, 0.15) is 38.2 Å². The number of benzene rings is 1. The maximum absolute atomic E-state index is 12.3. The van der Waals surface area contributed by atoms with Crippen LogP contribution in [0.2, 0.25) is 0 Å². The molecule has 0 saturated carbocycles. The van der Waals surface area contributed by atoms with Gasteiger partial charge in [-0.15, -0.1) is 0 Å². The number of hydrogen-bond donors (Lipinski definition) is 6. The van der Waals surface area contributed by atoms with Crippen LogP contribution >= 0.6 is 0 Å². The van der Waals surface area contributed by atoms with Crippen molar-refractivity contribution < 1.29 is 39.2 Å². The number of hydrogen-bond acceptors (Lipinski definition) is 8. The predicted octanol–water partition coefficient (Wildman–Crippen LogP) is -0.467. The molecule has 0 bridgehead atoms. The van der Waals surface area contributed by atoms with E-state index in [-0.39, 0.29) is 18.9 Å². The Balaban J connectivity index is 1.65. The Morgan fingerprint density at radius 2 is 1.76 bits per heavy atom. The van der Waals surface area contributed by atoms with Crippen LogP contribution in [-0.2, 0) is 25.7 Å². The normalized spacial score (nSPS) is 24.5. The van der Waals surface area contributed by atoms with Gasteiger partial charge in [0.15, 0.2) is 6.23 Å². The van der Waals surface area contributed by atoms with E-state index in [2.05, 4.69) is 16.0 Å². The van der Waals surface area contributed by atoms with Crippen molar-refractivity contribution in [1.82, 2.24) is 16.0 Å². The second-order valence-corrected chi connectivity index (χ2v) is 7.85. The third kappa shape index (κ3) is 8.97. The summed E-state index contributed by atoms with van der Waals surface area (Å²) in [6, 6.07) is 8.28. The van der Waals surface area contributed by atoms with Crippen molar-refractivity contribution >= 4 is 17.9 Å². The molecule has 0 aliphatic carbocycles. The summed E-state index contributed by atoms with van der Waals surface area (Å²) in [4.78, 5) is 35.4. The number of aliphatic hydroxyl groups excluding tert-OH is 3. The lowest BCUT2D eigenvalue weighted by atomic mass is 9.95. The van der Waals surface area contributed by atoms with Gasteiger partial charge in [0.25, 0.3) is 0 Å². The van der Waals surface area contributed by atoms with Gasteiger partial charge in [-0.25, -0.2) is 4.79 Å². The molecule has 5 atom stereocenters. The van der Waals surface area contributed by atoms with Crippen molar-refractivity contribution in [3.63, 3.8) is 0 Å². The molecule has 1 aliphatic heterocycles. The number of unbranched alkanes of at least 4 members (excludes halogenated alkanes) is 2. The average molecular weight is 468 g/mol. The molecule has 2 rings (SSSR count). The number of nitrogens with one attached hydrogen (secondary N) is 3. The minimum atomic E-state index is -1.42. The highest BCUT2D eigenvalue weighted by Gasteiger charge is 2.45. The number of carbonyl (C=O) groups excluding carboxylic acids is 3. The SMILES string of the molecule is CC(=O)N[C@@H]1[C@@H](O)[C@H](O)[C@@H](CO)O[C@H]1NC(=O)CCCCCNC(=O)OCc1ccccc1. The molecule has 0 unspecified atom stereocenters. The number of alkyl carbamates (subject to hydrolysis) is 1. The molecule has 6 N–H and O–H groups in total. The smallest absolute Gasteiger partial charge is 0.407 e. The summed E-state index contributed by atoms with van der Waals surface area (Å²) in [7, 11) is 0. The Kier molecular flexibility index (Phi) is 11.0. The molecular formula is C22H33N3O8. The second-order valence-electron chi connectivity index (χ2n) is 7.85. The maximum atomic E-state index is 12.3. The summed E-state index contributed by atoms with van der Waals surface area (Å²) in [5.74, 6) is -0.836. The molecule has 1 aromatic rings. The van der Waals surface area contributed by atoms with Crippen molar-refractivity contribution in [3.8, 4) is 0 Å². The molecular weight excluding hydrogens is 434 g/mol. The van der Waals surface area contributed by atoms with Crippen LogP contribution in [-0.4, -0.2) is 77.0 Å². The molecule has 11 heteroatoms. The van der Waals surface area contributed by atoms with Gasteiger partial charge in [-0.3, -0.25) is 9.59 Å². The van der Waals surface area contributed by atoms with Crippen molar-refractivity contribution in [2.45, 2.75) is 69.8 Å². The fraction of sp³-hybridized carbons (Fsp3) is 0.591. The molecule has 1 aromatic carbocycles. The zero-order valence-corrected chi connectivity index (χ0v) is 18.6. The largest absolute Gasteiger partial charge is 0.445 e. The van der Waals surface area contributed by atoms with Crippen LogP contribution in [0.15, 0.2) is 30.3 Å². The van der Waals surface area contributed by atoms with Gasteiger partial charge >= 0.3 is 6.09 Å². The molecule has 0 radical (unpaired) electrons. The van der Waals surface area contributed by atoms with Crippen molar-refractivity contribution in [3.05, 3.63) is 35.9 Å². The zero-order chi connectivity index (χ0) is 24.2. The van der Waals surface area contributed by atoms with E-state index >= 15 is 0 Å². The fourth-order valence-corrected chi connectivity index (χ4v) is 3.42. The lowest BCUT2D eigenvalue weighted by Gasteiger charge is -2.42. The van der Waals surface area contributed by atoms with E-state index in [1.165, 1.54) is 6.92 Å². The Morgan fingerprint density at radius 3 is 2.42 bits per heavy atom. The predicted molar refractivity (Wildman–Crippen MR) is 117 cm³/mol. The van der Waals surface area contributed by atoms with Gasteiger partial charge in [-0.05, 0) is 18.4 Å². The molecule has 0 spiro atoms. The quantitative estimate of drug-likeness (QED) is 0.238. The molecule has 11 nitrogen and oxygen atoms in total. The van der Waals surface area contributed by atoms with E-state index in [1.807, 2.05) is 30.3 Å². The van der Waals surface area contributed by atoms with E-state index in [0.717, 1.165) is 5.56 Å². The Morgan fingerprint density at radius 1 is 1.03 bits per heavy atom. The van der Waals surface area contributed by atoms with E-state index in [4.69, 9.17) is 9.47 Å². The summed E-state index contributed by atoms with van der Waals surface area (Å²) in [5.41, 5.74) is 0.897. The van der Waals surface area contributed by atoms with E-state index in [0.29, 0.717) is 25.8 Å². The first-order chi connectivity index (χ1) is 15.8. The molecule has 1 aliphatic rings. The minimum Gasteiger partial charge on any atom is -0.445 e. The van der Waals surface area contributed by atoms with Crippen molar-refractivity contribution in [1.29, 1.82) is 0 Å². The summed E-state index contributed by atoms with van der Waals surface area (Å²) in [6.45, 7) is 1.28. The third-order valence-corrected chi connectivity index (χ3v) is 5.16. The Hall–Kier alpha value is -2.73. The summed E-state index contributed by atoms with van der Waals surface area (Å²) in [5, 5.41) is 37.2. The Labute approximate surface area is 192 Å². The molecule has 3 amide bonds. The summed E-state index contributed by atoms with van der Waals surface area (Å²) >= 11 is 0. The fourth-order valence-electron chi connectivity index (χ4n) is 3.42. The highest BCUT2D eigenvalue weighted by Crippen LogP contribution is 2.20. The summed E-state index contributed by atoms with van der Waals surface area (Å²) in [6.07, 6.45) is -3.50. The van der Waals surface area contributed by atoms with Gasteiger partial charge in [0.2, 0.25) is 11.8 Å². The van der Waals surface area contributed by atoms with E-state index < -0.39 is 49.2 Å². The van der Waals surface area contributed by atoms with Gasteiger partial charge in [-0.1, -0.05) is 36.8 Å². The third-order valence-electron chi connectivity index (χ3n) is 5.16. The molecule has 1 heterocycles. The van der Waals surface area contributed by atoms with Crippen LogP contribution in [0.4, 0.5) is 4.79 Å². The lowest BCUT2D eigenvalue weighted by Crippen LogP contribution is -2.68. The van der Waals surface area contributed by atoms with Crippen molar-refractivity contribution in [2.24, 2.45) is 0 Å². The molecule has 1 fully saturated rings. The first kappa shape index (κ1) is 26.5. The van der Waals surface area contributed by atoms with Crippen LogP contribution in [0.25, 0.3) is 0 Å². The van der Waals surface area contributed by atoms with Gasteiger partial charge in [0.05, 0.1) is 6.61 Å². The molecule has 184 valence electrons.